The number of likely N-dealkylation sites (tertiary alicyclic amines) is 1. The van der Waals surface area contributed by atoms with E-state index in [-0.39, 0.29) is 11.8 Å². The molecule has 1 aromatic rings. The molecule has 8 heteroatoms. The van der Waals surface area contributed by atoms with Gasteiger partial charge in [0, 0.05) is 44.7 Å². The molecule has 2 saturated heterocycles. The van der Waals surface area contributed by atoms with E-state index in [9.17, 15) is 9.59 Å². The number of rotatable bonds is 8. The van der Waals surface area contributed by atoms with Crippen molar-refractivity contribution < 1.29 is 19.2 Å². The number of carbonyl (C=O) groups is 2. The van der Waals surface area contributed by atoms with Gasteiger partial charge in [0.1, 0.15) is 5.75 Å². The first-order valence-corrected chi connectivity index (χ1v) is 11.2. The maximum atomic E-state index is 12.6. The van der Waals surface area contributed by atoms with Gasteiger partial charge in [-0.05, 0) is 56.2 Å². The lowest BCUT2D eigenvalue weighted by atomic mass is 9.93. The molecule has 2 aliphatic heterocycles. The number of nitrogens with one attached hydrogen (secondary N) is 1. The Hall–Kier alpha value is -1.83. The zero-order valence-corrected chi connectivity index (χ0v) is 18.5. The number of piperidine rings is 1. The Kier molecular flexibility index (Phi) is 8.78. The van der Waals surface area contributed by atoms with Gasteiger partial charge in [0.15, 0.2) is 0 Å². The molecule has 1 aromatic carbocycles. The van der Waals surface area contributed by atoms with Gasteiger partial charge in [-0.1, -0.05) is 11.6 Å². The fraction of sp³-hybridized carbons (Fsp3) is 0.636. The second kappa shape index (κ2) is 11.5. The third-order valence-electron chi connectivity index (χ3n) is 5.74. The van der Waals surface area contributed by atoms with E-state index in [1.807, 2.05) is 9.96 Å². The molecule has 0 unspecified atom stereocenters. The normalized spacial score (nSPS) is 20.1. The third-order valence-corrected chi connectivity index (χ3v) is 6.03. The molecule has 1 atom stereocenters. The SMILES string of the molecule is COc1ccc(NC(=O)CC[C@@H]2CCCN(C(=O)CCN3CCCCO3)C2)cc1Cl. The number of hydroxylamine groups is 2. The minimum Gasteiger partial charge on any atom is -0.495 e. The highest BCUT2D eigenvalue weighted by atomic mass is 35.5. The summed E-state index contributed by atoms with van der Waals surface area (Å²) in [6.45, 7) is 3.87. The average Bonchev–Trinajstić information content (AvgIpc) is 2.77. The number of hydrogen-bond acceptors (Lipinski definition) is 5. The predicted molar refractivity (Wildman–Crippen MR) is 117 cm³/mol. The van der Waals surface area contributed by atoms with Crippen LogP contribution in [0.4, 0.5) is 5.69 Å². The van der Waals surface area contributed by atoms with Crippen molar-refractivity contribution in [2.75, 3.05) is 45.2 Å². The minimum atomic E-state index is -0.0399. The molecule has 7 nitrogen and oxygen atoms in total. The molecule has 166 valence electrons. The van der Waals surface area contributed by atoms with Crippen molar-refractivity contribution in [2.45, 2.75) is 44.9 Å². The smallest absolute Gasteiger partial charge is 0.224 e. The number of carbonyl (C=O) groups excluding carboxylic acids is 2. The van der Waals surface area contributed by atoms with Gasteiger partial charge in [-0.15, -0.1) is 0 Å². The van der Waals surface area contributed by atoms with E-state index in [1.165, 1.54) is 0 Å². The van der Waals surface area contributed by atoms with Crippen LogP contribution in [0.1, 0.15) is 44.9 Å². The molecule has 1 N–H and O–H groups in total. The maximum absolute atomic E-state index is 12.6. The molecule has 0 radical (unpaired) electrons. The number of methoxy groups -OCH3 is 1. The first-order valence-electron chi connectivity index (χ1n) is 10.8. The van der Waals surface area contributed by atoms with Gasteiger partial charge >= 0.3 is 0 Å². The van der Waals surface area contributed by atoms with E-state index in [0.717, 1.165) is 58.3 Å². The van der Waals surface area contributed by atoms with Gasteiger partial charge in [0.05, 0.1) is 18.7 Å². The fourth-order valence-electron chi connectivity index (χ4n) is 4.03. The molecule has 2 fully saturated rings. The molecule has 0 aliphatic carbocycles. The van der Waals surface area contributed by atoms with Crippen LogP contribution < -0.4 is 10.1 Å². The summed E-state index contributed by atoms with van der Waals surface area (Å²) in [6.07, 6.45) is 5.97. The molecule has 2 heterocycles. The molecule has 2 aliphatic rings. The van der Waals surface area contributed by atoms with Crippen molar-refractivity contribution in [3.8, 4) is 5.75 Å². The Bertz CT molecular complexity index is 724. The quantitative estimate of drug-likeness (QED) is 0.671. The van der Waals surface area contributed by atoms with Gasteiger partial charge < -0.3 is 15.0 Å². The van der Waals surface area contributed by atoms with Crippen molar-refractivity contribution >= 4 is 29.1 Å². The Morgan fingerprint density at radius 2 is 2.10 bits per heavy atom. The van der Waals surface area contributed by atoms with Crippen molar-refractivity contribution in [2.24, 2.45) is 5.92 Å². The van der Waals surface area contributed by atoms with Crippen molar-refractivity contribution in [3.05, 3.63) is 23.2 Å². The van der Waals surface area contributed by atoms with Crippen LogP contribution in [0.3, 0.4) is 0 Å². The van der Waals surface area contributed by atoms with Gasteiger partial charge in [0.25, 0.3) is 0 Å². The highest BCUT2D eigenvalue weighted by molar-refractivity contribution is 6.32. The first-order chi connectivity index (χ1) is 14.5. The van der Waals surface area contributed by atoms with Crippen LogP contribution in [0.25, 0.3) is 0 Å². The lowest BCUT2D eigenvalue weighted by molar-refractivity contribution is -0.182. The molecule has 30 heavy (non-hydrogen) atoms. The summed E-state index contributed by atoms with van der Waals surface area (Å²) >= 11 is 6.11. The highest BCUT2D eigenvalue weighted by Crippen LogP contribution is 2.27. The van der Waals surface area contributed by atoms with Gasteiger partial charge in [0.2, 0.25) is 11.8 Å². The van der Waals surface area contributed by atoms with Crippen molar-refractivity contribution in [1.29, 1.82) is 0 Å². The largest absolute Gasteiger partial charge is 0.495 e. The predicted octanol–water partition coefficient (Wildman–Crippen LogP) is 3.72. The van der Waals surface area contributed by atoms with Gasteiger partial charge in [-0.2, -0.15) is 5.06 Å². The Balaban J connectivity index is 1.39. The lowest BCUT2D eigenvalue weighted by Gasteiger charge is -2.33. The molecule has 0 aromatic heterocycles. The zero-order valence-electron chi connectivity index (χ0n) is 17.7. The number of halogens is 1. The molecule has 2 amide bonds. The minimum absolute atomic E-state index is 0.0399. The molecule has 0 saturated carbocycles. The van der Waals surface area contributed by atoms with Crippen LogP contribution in [0.15, 0.2) is 18.2 Å². The number of hydrogen-bond donors (Lipinski definition) is 1. The number of amides is 2. The topological polar surface area (TPSA) is 71.1 Å². The summed E-state index contributed by atoms with van der Waals surface area (Å²) < 4.78 is 5.13. The first kappa shape index (κ1) is 22.8. The van der Waals surface area contributed by atoms with E-state index >= 15 is 0 Å². The van der Waals surface area contributed by atoms with E-state index in [1.54, 1.807) is 25.3 Å². The van der Waals surface area contributed by atoms with Crippen molar-refractivity contribution in [3.63, 3.8) is 0 Å². The molecule has 0 bridgehead atoms. The van der Waals surface area contributed by atoms with Crippen LogP contribution in [0.5, 0.6) is 5.75 Å². The van der Waals surface area contributed by atoms with E-state index < -0.39 is 0 Å². The molecule has 3 rings (SSSR count). The van der Waals surface area contributed by atoms with Crippen LogP contribution in [0, 0.1) is 5.92 Å². The Morgan fingerprint density at radius 3 is 2.83 bits per heavy atom. The number of ether oxygens (including phenoxy) is 1. The summed E-state index contributed by atoms with van der Waals surface area (Å²) in [6, 6.07) is 5.19. The number of anilines is 1. The van der Waals surface area contributed by atoms with E-state index in [2.05, 4.69) is 5.32 Å². The van der Waals surface area contributed by atoms with Crippen LogP contribution in [-0.2, 0) is 14.4 Å². The molecular weight excluding hydrogens is 406 g/mol. The Morgan fingerprint density at radius 1 is 1.23 bits per heavy atom. The number of nitrogens with zero attached hydrogens (tertiary/aromatic N) is 2. The van der Waals surface area contributed by atoms with E-state index in [4.69, 9.17) is 21.2 Å². The summed E-state index contributed by atoms with van der Waals surface area (Å²) in [4.78, 5) is 32.5. The third kappa shape index (κ3) is 6.86. The summed E-state index contributed by atoms with van der Waals surface area (Å²) in [5, 5.41) is 5.27. The second-order valence-corrected chi connectivity index (χ2v) is 8.41. The zero-order chi connectivity index (χ0) is 21.3. The van der Waals surface area contributed by atoms with Gasteiger partial charge in [-0.25, -0.2) is 0 Å². The molecular formula is C22H32ClN3O4. The molecule has 0 spiro atoms. The average molecular weight is 438 g/mol. The van der Waals surface area contributed by atoms with Gasteiger partial charge in [-0.3, -0.25) is 14.4 Å². The monoisotopic (exact) mass is 437 g/mol. The number of benzene rings is 1. The summed E-state index contributed by atoms with van der Waals surface area (Å²) in [5.41, 5.74) is 0.659. The van der Waals surface area contributed by atoms with E-state index in [0.29, 0.717) is 41.8 Å². The lowest BCUT2D eigenvalue weighted by Crippen LogP contribution is -2.42. The summed E-state index contributed by atoms with van der Waals surface area (Å²) in [7, 11) is 1.55. The summed E-state index contributed by atoms with van der Waals surface area (Å²) in [5.74, 6) is 1.08. The maximum Gasteiger partial charge on any atom is 0.224 e. The highest BCUT2D eigenvalue weighted by Gasteiger charge is 2.24. The van der Waals surface area contributed by atoms with Crippen LogP contribution >= 0.6 is 11.6 Å². The Labute approximate surface area is 183 Å². The second-order valence-electron chi connectivity index (χ2n) is 8.00. The fourth-order valence-corrected chi connectivity index (χ4v) is 4.29. The van der Waals surface area contributed by atoms with Crippen LogP contribution in [0.2, 0.25) is 5.02 Å². The van der Waals surface area contributed by atoms with Crippen LogP contribution in [-0.4, -0.2) is 61.7 Å². The van der Waals surface area contributed by atoms with Crippen molar-refractivity contribution in [1.82, 2.24) is 9.96 Å². The standard InChI is InChI=1S/C22H32ClN3O4/c1-29-20-8-7-18(15-19(20)23)24-21(27)9-6-17-5-4-11-25(16-17)22(28)10-13-26-12-2-3-14-30-26/h7-8,15,17H,2-6,9-14,16H2,1H3,(H,24,27)/t17-/m0/s1.